The Morgan fingerprint density at radius 3 is 2.37 bits per heavy atom. The maximum atomic E-state index is 6.00. The molecule has 0 fully saturated rings. The van der Waals surface area contributed by atoms with Crippen LogP contribution in [-0.4, -0.2) is 0 Å². The first-order chi connectivity index (χ1) is 9.24. The van der Waals surface area contributed by atoms with E-state index in [1.54, 1.807) is 0 Å². The van der Waals surface area contributed by atoms with E-state index >= 15 is 0 Å². The first-order valence-electron chi connectivity index (χ1n) is 6.55. The van der Waals surface area contributed by atoms with Crippen LogP contribution in [0.3, 0.4) is 0 Å². The summed E-state index contributed by atoms with van der Waals surface area (Å²) < 4.78 is 6.00. The van der Waals surface area contributed by atoms with Crippen LogP contribution < -0.4 is 0 Å². The van der Waals surface area contributed by atoms with Gasteiger partial charge in [-0.3, -0.25) is 0 Å². The molecule has 1 heterocycles. The van der Waals surface area contributed by atoms with Gasteiger partial charge < -0.3 is 4.42 Å². The van der Waals surface area contributed by atoms with Gasteiger partial charge in [0, 0.05) is 10.8 Å². The Morgan fingerprint density at radius 2 is 1.53 bits per heavy atom. The summed E-state index contributed by atoms with van der Waals surface area (Å²) in [7, 11) is 0. The maximum Gasteiger partial charge on any atom is 0.136 e. The second kappa shape index (κ2) is 3.61. The van der Waals surface area contributed by atoms with Crippen molar-refractivity contribution in [2.75, 3.05) is 0 Å². The molecule has 4 aromatic rings. The van der Waals surface area contributed by atoms with Gasteiger partial charge in [0.05, 0.1) is 0 Å². The molecule has 1 aromatic heterocycles. The minimum Gasteiger partial charge on any atom is -0.456 e. The van der Waals surface area contributed by atoms with Crippen LogP contribution in [0.2, 0.25) is 0 Å². The molecule has 92 valence electrons. The van der Waals surface area contributed by atoms with Crippen LogP contribution in [-0.2, 0) is 0 Å². The molecule has 0 N–H and O–H groups in total. The lowest BCUT2D eigenvalue weighted by Crippen LogP contribution is -1.79. The molecule has 0 aliphatic heterocycles. The SMILES string of the molecule is Cc1ccc2oc3cc(C)c4ccccc4c3c2c1. The zero-order valence-electron chi connectivity index (χ0n) is 11.0. The predicted molar refractivity (Wildman–Crippen MR) is 80.7 cm³/mol. The highest BCUT2D eigenvalue weighted by atomic mass is 16.3. The Balaban J connectivity index is 2.36. The summed E-state index contributed by atoms with van der Waals surface area (Å²) in [6, 6.07) is 17.1. The van der Waals surface area contributed by atoms with E-state index in [2.05, 4.69) is 62.4 Å². The lowest BCUT2D eigenvalue weighted by Gasteiger charge is -2.03. The summed E-state index contributed by atoms with van der Waals surface area (Å²) in [6.45, 7) is 4.26. The lowest BCUT2D eigenvalue weighted by atomic mass is 9.99. The standard InChI is InChI=1S/C18H14O/c1-11-7-8-16-15(9-11)18-14-6-4-3-5-13(14)12(2)10-17(18)19-16/h3-10H,1-2H3. The van der Waals surface area contributed by atoms with Crippen molar-refractivity contribution in [2.24, 2.45) is 0 Å². The molecule has 1 nitrogen and oxygen atoms in total. The van der Waals surface area contributed by atoms with Gasteiger partial charge in [0.1, 0.15) is 11.2 Å². The number of benzene rings is 3. The topological polar surface area (TPSA) is 13.1 Å². The van der Waals surface area contributed by atoms with Gasteiger partial charge >= 0.3 is 0 Å². The van der Waals surface area contributed by atoms with E-state index in [9.17, 15) is 0 Å². The van der Waals surface area contributed by atoms with Gasteiger partial charge in [0.15, 0.2) is 0 Å². The monoisotopic (exact) mass is 246 g/mol. The van der Waals surface area contributed by atoms with E-state index in [1.165, 1.54) is 32.7 Å². The first kappa shape index (κ1) is 10.6. The zero-order chi connectivity index (χ0) is 13.0. The molecule has 0 atom stereocenters. The third kappa shape index (κ3) is 1.42. The third-order valence-electron chi connectivity index (χ3n) is 3.84. The molecule has 19 heavy (non-hydrogen) atoms. The number of aryl methyl sites for hydroxylation is 2. The van der Waals surface area contributed by atoms with Crippen molar-refractivity contribution >= 4 is 32.7 Å². The molecule has 0 radical (unpaired) electrons. The lowest BCUT2D eigenvalue weighted by molar-refractivity contribution is 0.669. The second-order valence-electron chi connectivity index (χ2n) is 5.21. The summed E-state index contributed by atoms with van der Waals surface area (Å²) in [5.74, 6) is 0. The van der Waals surface area contributed by atoms with Crippen molar-refractivity contribution in [3.63, 3.8) is 0 Å². The molecule has 4 rings (SSSR count). The maximum absolute atomic E-state index is 6.00. The van der Waals surface area contributed by atoms with E-state index in [0.29, 0.717) is 0 Å². The number of rotatable bonds is 0. The highest BCUT2D eigenvalue weighted by Gasteiger charge is 2.11. The van der Waals surface area contributed by atoms with Crippen LogP contribution in [0.4, 0.5) is 0 Å². The van der Waals surface area contributed by atoms with Crippen molar-refractivity contribution in [3.05, 3.63) is 59.7 Å². The Morgan fingerprint density at radius 1 is 0.737 bits per heavy atom. The van der Waals surface area contributed by atoms with Gasteiger partial charge in [0.25, 0.3) is 0 Å². The summed E-state index contributed by atoms with van der Waals surface area (Å²) in [6.07, 6.45) is 0. The molecular formula is C18H14O. The Hall–Kier alpha value is -2.28. The quantitative estimate of drug-likeness (QED) is 0.407. The minimum atomic E-state index is 0.969. The van der Waals surface area contributed by atoms with E-state index in [1.807, 2.05) is 0 Å². The molecule has 0 unspecified atom stereocenters. The summed E-state index contributed by atoms with van der Waals surface area (Å²) in [4.78, 5) is 0. The molecule has 0 amide bonds. The number of hydrogen-bond acceptors (Lipinski definition) is 1. The molecule has 0 aliphatic carbocycles. The predicted octanol–water partition coefficient (Wildman–Crippen LogP) is 5.36. The van der Waals surface area contributed by atoms with Crippen molar-refractivity contribution in [1.29, 1.82) is 0 Å². The largest absolute Gasteiger partial charge is 0.456 e. The van der Waals surface area contributed by atoms with E-state index in [0.717, 1.165) is 11.2 Å². The third-order valence-corrected chi connectivity index (χ3v) is 3.84. The molecule has 0 spiro atoms. The van der Waals surface area contributed by atoms with Crippen molar-refractivity contribution in [3.8, 4) is 0 Å². The van der Waals surface area contributed by atoms with Crippen molar-refractivity contribution < 1.29 is 4.42 Å². The fourth-order valence-electron chi connectivity index (χ4n) is 2.93. The fourth-order valence-corrected chi connectivity index (χ4v) is 2.93. The Bertz CT molecular complexity index is 929. The highest BCUT2D eigenvalue weighted by Crippen LogP contribution is 2.36. The normalized spacial score (nSPS) is 11.7. The smallest absolute Gasteiger partial charge is 0.136 e. The number of fused-ring (bicyclic) bond motifs is 5. The average molecular weight is 246 g/mol. The van der Waals surface area contributed by atoms with Gasteiger partial charge in [-0.1, -0.05) is 35.9 Å². The van der Waals surface area contributed by atoms with Gasteiger partial charge in [-0.25, -0.2) is 0 Å². The zero-order valence-corrected chi connectivity index (χ0v) is 11.0. The van der Waals surface area contributed by atoms with Crippen LogP contribution >= 0.6 is 0 Å². The Kier molecular flexibility index (Phi) is 2.02. The van der Waals surface area contributed by atoms with E-state index < -0.39 is 0 Å². The van der Waals surface area contributed by atoms with Crippen LogP contribution in [0.25, 0.3) is 32.7 Å². The highest BCUT2D eigenvalue weighted by molar-refractivity contribution is 6.19. The molecule has 0 saturated carbocycles. The average Bonchev–Trinajstić information content (AvgIpc) is 2.76. The molecule has 0 aliphatic rings. The number of hydrogen-bond donors (Lipinski definition) is 0. The van der Waals surface area contributed by atoms with Gasteiger partial charge in [0.2, 0.25) is 0 Å². The van der Waals surface area contributed by atoms with Crippen molar-refractivity contribution in [2.45, 2.75) is 13.8 Å². The molecule has 1 heteroatoms. The van der Waals surface area contributed by atoms with Crippen molar-refractivity contribution in [1.82, 2.24) is 0 Å². The van der Waals surface area contributed by atoms with Gasteiger partial charge in [-0.2, -0.15) is 0 Å². The van der Waals surface area contributed by atoms with Crippen LogP contribution in [0.5, 0.6) is 0 Å². The first-order valence-corrected chi connectivity index (χ1v) is 6.55. The fraction of sp³-hybridized carbons (Fsp3) is 0.111. The van der Waals surface area contributed by atoms with E-state index in [4.69, 9.17) is 4.42 Å². The minimum absolute atomic E-state index is 0.969. The molecule has 0 saturated heterocycles. The summed E-state index contributed by atoms with van der Waals surface area (Å²) >= 11 is 0. The van der Waals surface area contributed by atoms with Crippen LogP contribution in [0.1, 0.15) is 11.1 Å². The summed E-state index contributed by atoms with van der Waals surface area (Å²) in [5.41, 5.74) is 4.48. The Labute approximate surface area is 111 Å². The molecular weight excluding hydrogens is 232 g/mol. The van der Waals surface area contributed by atoms with Crippen LogP contribution in [0.15, 0.2) is 52.9 Å². The summed E-state index contributed by atoms with van der Waals surface area (Å²) in [5, 5.41) is 5.03. The number of furan rings is 1. The van der Waals surface area contributed by atoms with Crippen LogP contribution in [0, 0.1) is 13.8 Å². The van der Waals surface area contributed by atoms with Gasteiger partial charge in [-0.05, 0) is 48.4 Å². The second-order valence-corrected chi connectivity index (χ2v) is 5.21. The van der Waals surface area contributed by atoms with E-state index in [-0.39, 0.29) is 0 Å². The molecule has 0 bridgehead atoms. The van der Waals surface area contributed by atoms with Gasteiger partial charge in [-0.15, -0.1) is 0 Å². The molecule has 3 aromatic carbocycles.